The molecule has 0 N–H and O–H groups in total. The fraction of sp³-hybridized carbons (Fsp3) is 0.667. The van der Waals surface area contributed by atoms with Crippen molar-refractivity contribution in [3.05, 3.63) is 28.7 Å². The van der Waals surface area contributed by atoms with Crippen LogP contribution in [-0.2, 0) is 6.54 Å². The van der Waals surface area contributed by atoms with Crippen molar-refractivity contribution >= 4 is 23.4 Å². The Kier molecular flexibility index (Phi) is 5.76. The standard InChI is InChI=1S/C21H31ClN6/c1-15(2)14-28-20(22)19(16(3)25-28)17-8-7-13-27(17)18-9-10-23-21(24-18)26-11-5-4-6-12-26/h9-10,15,17H,4-8,11-14H2,1-3H3. The highest BCUT2D eigenvalue weighted by Crippen LogP contribution is 2.40. The second-order valence-electron chi connectivity index (χ2n) is 8.48. The second kappa shape index (κ2) is 8.27. The maximum atomic E-state index is 6.79. The molecule has 7 heteroatoms. The van der Waals surface area contributed by atoms with E-state index in [0.717, 1.165) is 67.2 Å². The van der Waals surface area contributed by atoms with Crippen molar-refractivity contribution in [2.45, 2.75) is 65.5 Å². The lowest BCUT2D eigenvalue weighted by Crippen LogP contribution is -2.32. The molecule has 1 atom stereocenters. The number of anilines is 2. The van der Waals surface area contributed by atoms with E-state index < -0.39 is 0 Å². The second-order valence-corrected chi connectivity index (χ2v) is 8.84. The average Bonchev–Trinajstić information content (AvgIpc) is 3.27. The van der Waals surface area contributed by atoms with E-state index in [2.05, 4.69) is 35.6 Å². The Hall–Kier alpha value is -1.82. The number of rotatable bonds is 5. The molecule has 0 bridgehead atoms. The van der Waals surface area contributed by atoms with Crippen molar-refractivity contribution < 1.29 is 0 Å². The highest BCUT2D eigenvalue weighted by molar-refractivity contribution is 6.30. The molecule has 0 saturated carbocycles. The molecule has 6 nitrogen and oxygen atoms in total. The molecule has 0 aliphatic carbocycles. The molecule has 2 aromatic heterocycles. The molecule has 2 fully saturated rings. The number of halogens is 1. The van der Waals surface area contributed by atoms with Crippen molar-refractivity contribution in [1.82, 2.24) is 19.7 Å². The summed E-state index contributed by atoms with van der Waals surface area (Å²) in [6.45, 7) is 10.4. The first-order valence-corrected chi connectivity index (χ1v) is 11.0. The molecule has 0 aromatic carbocycles. The Bertz CT molecular complexity index is 811. The minimum atomic E-state index is 0.234. The number of aryl methyl sites for hydroxylation is 1. The molecular weight excluding hydrogens is 372 g/mol. The van der Waals surface area contributed by atoms with Gasteiger partial charge < -0.3 is 9.80 Å². The van der Waals surface area contributed by atoms with Gasteiger partial charge in [-0.25, -0.2) is 4.98 Å². The third kappa shape index (κ3) is 3.84. The molecular formula is C21H31ClN6. The van der Waals surface area contributed by atoms with Crippen LogP contribution in [-0.4, -0.2) is 39.4 Å². The van der Waals surface area contributed by atoms with Crippen LogP contribution in [0.4, 0.5) is 11.8 Å². The number of hydrogen-bond donors (Lipinski definition) is 0. The van der Waals surface area contributed by atoms with E-state index in [4.69, 9.17) is 21.7 Å². The summed E-state index contributed by atoms with van der Waals surface area (Å²) in [6, 6.07) is 2.27. The summed E-state index contributed by atoms with van der Waals surface area (Å²) < 4.78 is 1.96. The van der Waals surface area contributed by atoms with E-state index in [1.165, 1.54) is 19.3 Å². The van der Waals surface area contributed by atoms with E-state index in [1.54, 1.807) is 0 Å². The van der Waals surface area contributed by atoms with Gasteiger partial charge in [0.25, 0.3) is 0 Å². The predicted molar refractivity (Wildman–Crippen MR) is 114 cm³/mol. The topological polar surface area (TPSA) is 50.1 Å². The Balaban J connectivity index is 1.62. The Labute approximate surface area is 172 Å². The number of aromatic nitrogens is 4. The molecule has 1 unspecified atom stereocenters. The molecule has 152 valence electrons. The first kappa shape index (κ1) is 19.5. The molecule has 2 aliphatic heterocycles. The average molecular weight is 403 g/mol. The zero-order valence-electron chi connectivity index (χ0n) is 17.2. The van der Waals surface area contributed by atoms with Crippen LogP contribution in [0, 0.1) is 12.8 Å². The van der Waals surface area contributed by atoms with Crippen molar-refractivity contribution in [1.29, 1.82) is 0 Å². The summed E-state index contributed by atoms with van der Waals surface area (Å²) in [6.07, 6.45) is 7.88. The van der Waals surface area contributed by atoms with E-state index in [0.29, 0.717) is 5.92 Å². The highest BCUT2D eigenvalue weighted by atomic mass is 35.5. The normalized spacial score (nSPS) is 20.4. The number of hydrogen-bond acceptors (Lipinski definition) is 5. The Morgan fingerprint density at radius 3 is 2.68 bits per heavy atom. The van der Waals surface area contributed by atoms with Crippen molar-refractivity contribution in [2.24, 2.45) is 5.92 Å². The van der Waals surface area contributed by atoms with Gasteiger partial charge in [0.15, 0.2) is 0 Å². The van der Waals surface area contributed by atoms with E-state index in [9.17, 15) is 0 Å². The van der Waals surface area contributed by atoms with Crippen molar-refractivity contribution in [2.75, 3.05) is 29.4 Å². The van der Waals surface area contributed by atoms with Gasteiger partial charge in [-0.15, -0.1) is 0 Å². The van der Waals surface area contributed by atoms with Crippen LogP contribution in [0.3, 0.4) is 0 Å². The summed E-state index contributed by atoms with van der Waals surface area (Å²) in [5.74, 6) is 2.38. The molecule has 4 rings (SSSR count). The largest absolute Gasteiger partial charge is 0.349 e. The Morgan fingerprint density at radius 2 is 1.93 bits per heavy atom. The van der Waals surface area contributed by atoms with Gasteiger partial charge in [-0.3, -0.25) is 4.68 Å². The highest BCUT2D eigenvalue weighted by Gasteiger charge is 2.33. The summed E-state index contributed by atoms with van der Waals surface area (Å²) in [7, 11) is 0. The predicted octanol–water partition coefficient (Wildman–Crippen LogP) is 4.62. The van der Waals surface area contributed by atoms with Crippen LogP contribution in [0.1, 0.15) is 63.3 Å². The first-order valence-electron chi connectivity index (χ1n) is 10.6. The first-order chi connectivity index (χ1) is 13.5. The lowest BCUT2D eigenvalue weighted by Gasteiger charge is -2.29. The summed E-state index contributed by atoms with van der Waals surface area (Å²) in [4.78, 5) is 14.2. The minimum Gasteiger partial charge on any atom is -0.349 e. The zero-order chi connectivity index (χ0) is 19.7. The third-order valence-corrected chi connectivity index (χ3v) is 6.19. The van der Waals surface area contributed by atoms with Crippen LogP contribution < -0.4 is 9.80 Å². The van der Waals surface area contributed by atoms with Gasteiger partial charge in [0, 0.05) is 37.9 Å². The molecule has 2 aliphatic rings. The lowest BCUT2D eigenvalue weighted by molar-refractivity contribution is 0.481. The summed E-state index contributed by atoms with van der Waals surface area (Å²) in [5, 5.41) is 5.52. The van der Waals surface area contributed by atoms with Crippen LogP contribution in [0.5, 0.6) is 0 Å². The van der Waals surface area contributed by atoms with E-state index in [-0.39, 0.29) is 6.04 Å². The van der Waals surface area contributed by atoms with Gasteiger partial charge >= 0.3 is 0 Å². The van der Waals surface area contributed by atoms with Gasteiger partial charge in [0.05, 0.1) is 11.7 Å². The summed E-state index contributed by atoms with van der Waals surface area (Å²) in [5.41, 5.74) is 2.20. The lowest BCUT2D eigenvalue weighted by atomic mass is 10.1. The van der Waals surface area contributed by atoms with E-state index in [1.807, 2.05) is 16.9 Å². The van der Waals surface area contributed by atoms with Crippen LogP contribution in [0.15, 0.2) is 12.3 Å². The SMILES string of the molecule is Cc1nn(CC(C)C)c(Cl)c1C1CCCN1c1ccnc(N2CCCCC2)n1. The Morgan fingerprint density at radius 1 is 1.14 bits per heavy atom. The van der Waals surface area contributed by atoms with E-state index >= 15 is 0 Å². The molecule has 2 aromatic rings. The third-order valence-electron chi connectivity index (χ3n) is 5.79. The number of nitrogens with zero attached hydrogens (tertiary/aromatic N) is 6. The fourth-order valence-corrected chi connectivity index (χ4v) is 4.87. The number of piperidine rings is 1. The van der Waals surface area contributed by atoms with Gasteiger partial charge in [0.2, 0.25) is 5.95 Å². The molecule has 0 radical (unpaired) electrons. The molecule has 28 heavy (non-hydrogen) atoms. The minimum absolute atomic E-state index is 0.234. The van der Waals surface area contributed by atoms with Crippen molar-refractivity contribution in [3.8, 4) is 0 Å². The maximum absolute atomic E-state index is 6.79. The van der Waals surface area contributed by atoms with Crippen LogP contribution in [0.2, 0.25) is 5.15 Å². The zero-order valence-corrected chi connectivity index (χ0v) is 18.0. The molecule has 0 amide bonds. The fourth-order valence-electron chi connectivity index (χ4n) is 4.50. The van der Waals surface area contributed by atoms with Gasteiger partial charge in [-0.05, 0) is 51.0 Å². The van der Waals surface area contributed by atoms with Gasteiger partial charge in [0.1, 0.15) is 11.0 Å². The van der Waals surface area contributed by atoms with Crippen LogP contribution >= 0.6 is 11.6 Å². The van der Waals surface area contributed by atoms with Gasteiger partial charge in [-0.1, -0.05) is 25.4 Å². The quantitative estimate of drug-likeness (QED) is 0.730. The summed E-state index contributed by atoms with van der Waals surface area (Å²) >= 11 is 6.79. The smallest absolute Gasteiger partial charge is 0.227 e. The van der Waals surface area contributed by atoms with Crippen molar-refractivity contribution in [3.63, 3.8) is 0 Å². The molecule has 0 spiro atoms. The monoisotopic (exact) mass is 402 g/mol. The molecule has 4 heterocycles. The van der Waals surface area contributed by atoms with Crippen LogP contribution in [0.25, 0.3) is 0 Å². The van der Waals surface area contributed by atoms with Gasteiger partial charge in [-0.2, -0.15) is 10.1 Å². The molecule has 2 saturated heterocycles. The maximum Gasteiger partial charge on any atom is 0.227 e.